The lowest BCUT2D eigenvalue weighted by molar-refractivity contribution is 0.200. The normalized spacial score (nSPS) is 17.1. The van der Waals surface area contributed by atoms with Gasteiger partial charge < -0.3 is 0 Å². The molecule has 0 bridgehead atoms. The fourth-order valence-corrected chi connectivity index (χ4v) is 3.33. The van der Waals surface area contributed by atoms with Crippen LogP contribution >= 0.6 is 0 Å². The minimum absolute atomic E-state index is 0.319. The van der Waals surface area contributed by atoms with E-state index in [0.29, 0.717) is 13.1 Å². The number of rotatable bonds is 3. The van der Waals surface area contributed by atoms with Gasteiger partial charge in [-0.05, 0) is 25.0 Å². The third-order valence-electron chi connectivity index (χ3n) is 2.98. The molecule has 0 unspecified atom stereocenters. The number of piperidine rings is 1. The lowest BCUT2D eigenvalue weighted by Gasteiger charge is -2.26. The molecule has 0 amide bonds. The molecular formula is C12H14FN3O2S. The maximum atomic E-state index is 13.4. The van der Waals surface area contributed by atoms with Crippen molar-refractivity contribution < 1.29 is 12.8 Å². The van der Waals surface area contributed by atoms with Crippen molar-refractivity contribution in [2.45, 2.75) is 24.2 Å². The van der Waals surface area contributed by atoms with Crippen molar-refractivity contribution in [2.24, 2.45) is 0 Å². The lowest BCUT2D eigenvalue weighted by atomic mass is 10.2. The van der Waals surface area contributed by atoms with Gasteiger partial charge in [0.25, 0.3) is 10.0 Å². The van der Waals surface area contributed by atoms with E-state index in [1.807, 2.05) is 0 Å². The predicted octanol–water partition coefficient (Wildman–Crippen LogP) is 1.38. The number of hydrogen-bond acceptors (Lipinski definition) is 4. The summed E-state index contributed by atoms with van der Waals surface area (Å²) < 4.78 is 37.8. The number of hydrogen-bond donors (Lipinski definition) is 1. The lowest BCUT2D eigenvalue weighted by Crippen LogP contribution is -2.45. The Labute approximate surface area is 111 Å². The summed E-state index contributed by atoms with van der Waals surface area (Å²) in [6.45, 7) is 1.24. The molecule has 0 aliphatic carbocycles. The Kier molecular flexibility index (Phi) is 4.14. The van der Waals surface area contributed by atoms with Gasteiger partial charge in [0, 0.05) is 13.1 Å². The highest BCUT2D eigenvalue weighted by Gasteiger charge is 2.24. The van der Waals surface area contributed by atoms with Gasteiger partial charge in [-0.1, -0.05) is 12.5 Å². The average Bonchev–Trinajstić information content (AvgIpc) is 2.39. The molecule has 2 rings (SSSR count). The molecule has 102 valence electrons. The van der Waals surface area contributed by atoms with Gasteiger partial charge in [-0.2, -0.15) is 5.26 Å². The van der Waals surface area contributed by atoms with Crippen LogP contribution in [0.3, 0.4) is 0 Å². The summed E-state index contributed by atoms with van der Waals surface area (Å²) in [7, 11) is -3.91. The van der Waals surface area contributed by atoms with Gasteiger partial charge in [0.2, 0.25) is 0 Å². The summed E-state index contributed by atoms with van der Waals surface area (Å²) >= 11 is 0. The van der Waals surface area contributed by atoms with Gasteiger partial charge >= 0.3 is 0 Å². The van der Waals surface area contributed by atoms with Crippen molar-refractivity contribution in [3.05, 3.63) is 29.6 Å². The van der Waals surface area contributed by atoms with Gasteiger partial charge in [0.15, 0.2) is 0 Å². The van der Waals surface area contributed by atoms with Crippen molar-refractivity contribution >= 4 is 10.0 Å². The Bertz CT molecular complexity index is 604. The van der Waals surface area contributed by atoms with Crippen molar-refractivity contribution in [2.75, 3.05) is 13.1 Å². The average molecular weight is 283 g/mol. The van der Waals surface area contributed by atoms with E-state index in [4.69, 9.17) is 5.26 Å². The Balaban J connectivity index is 2.29. The molecule has 1 N–H and O–H groups in total. The number of halogens is 1. The van der Waals surface area contributed by atoms with Crippen LogP contribution in [0, 0.1) is 17.1 Å². The highest BCUT2D eigenvalue weighted by Crippen LogP contribution is 2.18. The van der Waals surface area contributed by atoms with Crippen LogP contribution in [0.4, 0.5) is 4.39 Å². The highest BCUT2D eigenvalue weighted by molar-refractivity contribution is 7.89. The van der Waals surface area contributed by atoms with E-state index in [0.717, 1.165) is 25.3 Å². The number of nitriles is 1. The van der Waals surface area contributed by atoms with Gasteiger partial charge in [-0.25, -0.2) is 17.8 Å². The smallest absolute Gasteiger partial charge is 0.230 e. The molecule has 7 heteroatoms. The van der Waals surface area contributed by atoms with Gasteiger partial charge in [-0.15, -0.1) is 4.83 Å². The van der Waals surface area contributed by atoms with Gasteiger partial charge in [0.1, 0.15) is 22.3 Å². The molecule has 0 aromatic heterocycles. The molecule has 19 heavy (non-hydrogen) atoms. The first-order chi connectivity index (χ1) is 9.04. The first kappa shape index (κ1) is 13.9. The van der Waals surface area contributed by atoms with E-state index in [9.17, 15) is 12.8 Å². The third kappa shape index (κ3) is 3.10. The second kappa shape index (κ2) is 5.65. The summed E-state index contributed by atoms with van der Waals surface area (Å²) in [4.78, 5) is 2.08. The van der Waals surface area contributed by atoms with Crippen molar-refractivity contribution in [3.8, 4) is 6.07 Å². The number of benzene rings is 1. The number of nitrogens with zero attached hydrogens (tertiary/aromatic N) is 2. The molecule has 1 aliphatic rings. The maximum Gasteiger partial charge on any atom is 0.254 e. The summed E-state index contributed by atoms with van der Waals surface area (Å²) in [6.07, 6.45) is 2.90. The van der Waals surface area contributed by atoms with E-state index in [2.05, 4.69) is 4.83 Å². The zero-order chi connectivity index (χ0) is 13.9. The molecule has 0 spiro atoms. The Morgan fingerprint density at radius 1 is 1.26 bits per heavy atom. The maximum absolute atomic E-state index is 13.4. The topological polar surface area (TPSA) is 73.2 Å². The first-order valence-electron chi connectivity index (χ1n) is 6.00. The van der Waals surface area contributed by atoms with E-state index >= 15 is 0 Å². The fourth-order valence-electron chi connectivity index (χ4n) is 2.04. The van der Waals surface area contributed by atoms with Crippen LogP contribution in [-0.2, 0) is 10.0 Å². The molecule has 1 aromatic carbocycles. The second-order valence-corrected chi connectivity index (χ2v) is 6.00. The van der Waals surface area contributed by atoms with Crippen LogP contribution in [0.1, 0.15) is 24.8 Å². The summed E-state index contributed by atoms with van der Waals surface area (Å²) in [5.41, 5.74) is -0.452. The van der Waals surface area contributed by atoms with Gasteiger partial charge in [-0.3, -0.25) is 0 Å². The molecule has 0 radical (unpaired) electrons. The SMILES string of the molecule is N#Cc1c(F)cccc1S(=O)(=O)NN1CCCCC1. The molecular weight excluding hydrogens is 269 g/mol. The van der Waals surface area contributed by atoms with Crippen molar-refractivity contribution in [3.63, 3.8) is 0 Å². The van der Waals surface area contributed by atoms with E-state index in [1.165, 1.54) is 12.1 Å². The zero-order valence-electron chi connectivity index (χ0n) is 10.3. The number of hydrazine groups is 1. The largest absolute Gasteiger partial charge is 0.254 e. The minimum atomic E-state index is -3.91. The summed E-state index contributed by atoms with van der Waals surface area (Å²) in [6, 6.07) is 5.17. The molecule has 1 aromatic rings. The second-order valence-electron chi connectivity index (χ2n) is 4.37. The van der Waals surface area contributed by atoms with Crippen LogP contribution in [0.5, 0.6) is 0 Å². The van der Waals surface area contributed by atoms with Gasteiger partial charge in [0.05, 0.1) is 0 Å². The van der Waals surface area contributed by atoms with Crippen LogP contribution in [0.2, 0.25) is 0 Å². The van der Waals surface area contributed by atoms with E-state index in [-0.39, 0.29) is 4.90 Å². The van der Waals surface area contributed by atoms with Crippen LogP contribution < -0.4 is 4.83 Å². The van der Waals surface area contributed by atoms with Crippen LogP contribution in [0.25, 0.3) is 0 Å². The summed E-state index contributed by atoms with van der Waals surface area (Å²) in [5, 5.41) is 10.5. The fraction of sp³-hybridized carbons (Fsp3) is 0.417. The first-order valence-corrected chi connectivity index (χ1v) is 7.49. The number of sulfonamides is 1. The Hall–Kier alpha value is -1.49. The molecule has 1 heterocycles. The van der Waals surface area contributed by atoms with E-state index < -0.39 is 21.4 Å². The third-order valence-corrected chi connectivity index (χ3v) is 4.40. The van der Waals surface area contributed by atoms with Crippen LogP contribution in [0.15, 0.2) is 23.1 Å². The molecule has 0 atom stereocenters. The molecule has 0 saturated carbocycles. The van der Waals surface area contributed by atoms with Crippen LogP contribution in [-0.4, -0.2) is 26.5 Å². The molecule has 1 fully saturated rings. The molecule has 5 nitrogen and oxygen atoms in total. The standard InChI is InChI=1S/C12H14FN3O2S/c13-11-5-4-6-12(10(11)9-14)19(17,18)15-16-7-2-1-3-8-16/h4-6,15H,1-3,7-8H2. The van der Waals surface area contributed by atoms with Crippen molar-refractivity contribution in [1.82, 2.24) is 9.84 Å². The monoisotopic (exact) mass is 283 g/mol. The Morgan fingerprint density at radius 3 is 2.58 bits per heavy atom. The molecule has 1 aliphatic heterocycles. The molecule has 1 saturated heterocycles. The Morgan fingerprint density at radius 2 is 1.95 bits per heavy atom. The van der Waals surface area contributed by atoms with Crippen molar-refractivity contribution in [1.29, 1.82) is 5.26 Å². The zero-order valence-corrected chi connectivity index (χ0v) is 11.1. The van der Waals surface area contributed by atoms with E-state index in [1.54, 1.807) is 11.1 Å². The highest BCUT2D eigenvalue weighted by atomic mass is 32.2. The quantitative estimate of drug-likeness (QED) is 0.909. The minimum Gasteiger partial charge on any atom is -0.230 e. The predicted molar refractivity (Wildman–Crippen MR) is 66.9 cm³/mol. The summed E-state index contributed by atoms with van der Waals surface area (Å²) in [5.74, 6) is -0.830. The number of nitrogens with one attached hydrogen (secondary N) is 1.